The first kappa shape index (κ1) is 17.1. The van der Waals surface area contributed by atoms with E-state index in [0.29, 0.717) is 6.54 Å². The summed E-state index contributed by atoms with van der Waals surface area (Å²) in [5.41, 5.74) is 1.19. The molecular formula is C15H27N5O. The molecule has 1 aromatic heterocycles. The van der Waals surface area contributed by atoms with Crippen LogP contribution in [0.5, 0.6) is 0 Å². The zero-order valence-electron chi connectivity index (χ0n) is 13.5. The Balaban J connectivity index is 2.62. The molecule has 1 rings (SSSR count). The predicted molar refractivity (Wildman–Crippen MR) is 86.2 cm³/mol. The van der Waals surface area contributed by atoms with Gasteiger partial charge in [-0.2, -0.15) is 0 Å². The van der Waals surface area contributed by atoms with Crippen molar-refractivity contribution in [3.05, 3.63) is 24.0 Å². The minimum Gasteiger partial charge on any atom is -0.357 e. The van der Waals surface area contributed by atoms with Crippen molar-refractivity contribution < 1.29 is 4.79 Å². The molecule has 0 fully saturated rings. The molecule has 1 amide bonds. The Morgan fingerprint density at radius 2 is 2.14 bits per heavy atom. The largest absolute Gasteiger partial charge is 0.357 e. The SMILES string of the molecule is CCCNC(=O)CN=C(NCC)N(C)Cc1cccn1C. The average molecular weight is 293 g/mol. The van der Waals surface area contributed by atoms with Crippen LogP contribution in [-0.4, -0.2) is 48.0 Å². The normalized spacial score (nSPS) is 11.3. The molecule has 21 heavy (non-hydrogen) atoms. The topological polar surface area (TPSA) is 61.7 Å². The molecule has 0 radical (unpaired) electrons. The van der Waals surface area contributed by atoms with Gasteiger partial charge in [0.1, 0.15) is 6.54 Å². The van der Waals surface area contributed by atoms with Crippen molar-refractivity contribution in [2.75, 3.05) is 26.7 Å². The van der Waals surface area contributed by atoms with Gasteiger partial charge in [0.25, 0.3) is 0 Å². The second-order valence-corrected chi connectivity index (χ2v) is 4.99. The highest BCUT2D eigenvalue weighted by atomic mass is 16.1. The van der Waals surface area contributed by atoms with Gasteiger partial charge >= 0.3 is 0 Å². The van der Waals surface area contributed by atoms with E-state index in [2.05, 4.69) is 26.3 Å². The van der Waals surface area contributed by atoms with E-state index in [-0.39, 0.29) is 12.5 Å². The van der Waals surface area contributed by atoms with Crippen LogP contribution >= 0.6 is 0 Å². The molecule has 0 aliphatic carbocycles. The Morgan fingerprint density at radius 1 is 1.38 bits per heavy atom. The Labute approximate surface area is 127 Å². The van der Waals surface area contributed by atoms with Crippen LogP contribution in [0.15, 0.2) is 23.3 Å². The van der Waals surface area contributed by atoms with E-state index in [1.54, 1.807) is 0 Å². The number of rotatable bonds is 7. The zero-order valence-corrected chi connectivity index (χ0v) is 13.5. The van der Waals surface area contributed by atoms with Crippen molar-refractivity contribution >= 4 is 11.9 Å². The molecule has 0 unspecified atom stereocenters. The molecule has 1 aromatic rings. The summed E-state index contributed by atoms with van der Waals surface area (Å²) >= 11 is 0. The average Bonchev–Trinajstić information content (AvgIpc) is 2.86. The number of amides is 1. The monoisotopic (exact) mass is 293 g/mol. The summed E-state index contributed by atoms with van der Waals surface area (Å²) < 4.78 is 2.08. The van der Waals surface area contributed by atoms with E-state index in [1.165, 1.54) is 5.69 Å². The van der Waals surface area contributed by atoms with Crippen molar-refractivity contribution in [1.82, 2.24) is 20.1 Å². The number of guanidine groups is 1. The van der Waals surface area contributed by atoms with Gasteiger partial charge in [-0.1, -0.05) is 6.92 Å². The first-order valence-electron chi connectivity index (χ1n) is 7.44. The molecule has 0 saturated carbocycles. The third-order valence-corrected chi connectivity index (χ3v) is 3.09. The summed E-state index contributed by atoms with van der Waals surface area (Å²) in [6, 6.07) is 4.10. The van der Waals surface area contributed by atoms with E-state index in [1.807, 2.05) is 45.1 Å². The maximum absolute atomic E-state index is 11.6. The lowest BCUT2D eigenvalue weighted by molar-refractivity contribution is -0.119. The van der Waals surface area contributed by atoms with Crippen LogP contribution in [0.3, 0.4) is 0 Å². The predicted octanol–water partition coefficient (Wildman–Crippen LogP) is 0.949. The fourth-order valence-electron chi connectivity index (χ4n) is 1.92. The minimum absolute atomic E-state index is 0.0421. The highest BCUT2D eigenvalue weighted by Crippen LogP contribution is 2.03. The van der Waals surface area contributed by atoms with Crippen LogP contribution in [0, 0.1) is 0 Å². The first-order valence-corrected chi connectivity index (χ1v) is 7.44. The minimum atomic E-state index is -0.0421. The Kier molecular flexibility index (Phi) is 7.36. The van der Waals surface area contributed by atoms with E-state index in [0.717, 1.165) is 25.5 Å². The maximum atomic E-state index is 11.6. The van der Waals surface area contributed by atoms with Gasteiger partial charge in [-0.25, -0.2) is 4.99 Å². The van der Waals surface area contributed by atoms with Crippen molar-refractivity contribution in [2.45, 2.75) is 26.8 Å². The lowest BCUT2D eigenvalue weighted by Gasteiger charge is -2.22. The summed E-state index contributed by atoms with van der Waals surface area (Å²) in [4.78, 5) is 18.0. The summed E-state index contributed by atoms with van der Waals surface area (Å²) in [6.07, 6.45) is 2.95. The first-order chi connectivity index (χ1) is 10.1. The van der Waals surface area contributed by atoms with Gasteiger partial charge in [-0.15, -0.1) is 0 Å². The molecule has 0 aliphatic rings. The van der Waals surface area contributed by atoms with Crippen LogP contribution in [0.4, 0.5) is 0 Å². The summed E-state index contributed by atoms with van der Waals surface area (Å²) in [6.45, 7) is 6.41. The number of hydrogen-bond acceptors (Lipinski definition) is 2. The van der Waals surface area contributed by atoms with Gasteiger partial charge in [0.2, 0.25) is 5.91 Å². The van der Waals surface area contributed by atoms with Gasteiger partial charge in [0, 0.05) is 39.1 Å². The maximum Gasteiger partial charge on any atom is 0.241 e. The van der Waals surface area contributed by atoms with E-state index in [9.17, 15) is 4.79 Å². The number of nitrogens with zero attached hydrogens (tertiary/aromatic N) is 3. The van der Waals surface area contributed by atoms with Crippen LogP contribution in [0.25, 0.3) is 0 Å². The highest BCUT2D eigenvalue weighted by Gasteiger charge is 2.09. The Bertz CT molecular complexity index is 466. The Hall–Kier alpha value is -1.98. The summed E-state index contributed by atoms with van der Waals surface area (Å²) in [7, 11) is 3.99. The molecular weight excluding hydrogens is 266 g/mol. The van der Waals surface area contributed by atoms with Crippen LogP contribution in [0.2, 0.25) is 0 Å². The highest BCUT2D eigenvalue weighted by molar-refractivity contribution is 5.84. The number of hydrogen-bond donors (Lipinski definition) is 2. The van der Waals surface area contributed by atoms with Gasteiger partial charge in [0.15, 0.2) is 5.96 Å². The van der Waals surface area contributed by atoms with Crippen molar-refractivity contribution in [1.29, 1.82) is 0 Å². The molecule has 0 bridgehead atoms. The quantitative estimate of drug-likeness (QED) is 0.581. The van der Waals surface area contributed by atoms with Crippen molar-refractivity contribution in [2.24, 2.45) is 12.0 Å². The third kappa shape index (κ3) is 5.89. The molecule has 0 aromatic carbocycles. The fraction of sp³-hybridized carbons (Fsp3) is 0.600. The van der Waals surface area contributed by atoms with Gasteiger partial charge in [0.05, 0.1) is 6.54 Å². The van der Waals surface area contributed by atoms with Gasteiger partial charge in [-0.3, -0.25) is 4.79 Å². The molecule has 0 atom stereocenters. The fourth-order valence-corrected chi connectivity index (χ4v) is 1.92. The zero-order chi connectivity index (χ0) is 15.7. The number of carbonyl (C=O) groups excluding carboxylic acids is 1. The van der Waals surface area contributed by atoms with Gasteiger partial charge < -0.3 is 20.1 Å². The molecule has 6 heteroatoms. The smallest absolute Gasteiger partial charge is 0.241 e. The van der Waals surface area contributed by atoms with Crippen LogP contribution in [-0.2, 0) is 18.4 Å². The van der Waals surface area contributed by atoms with E-state index >= 15 is 0 Å². The van der Waals surface area contributed by atoms with Crippen LogP contribution in [0.1, 0.15) is 26.0 Å². The van der Waals surface area contributed by atoms with Crippen LogP contribution < -0.4 is 10.6 Å². The molecule has 1 heterocycles. The lowest BCUT2D eigenvalue weighted by Crippen LogP contribution is -2.39. The van der Waals surface area contributed by atoms with Crippen molar-refractivity contribution in [3.8, 4) is 0 Å². The second-order valence-electron chi connectivity index (χ2n) is 4.99. The number of aryl methyl sites for hydroxylation is 1. The lowest BCUT2D eigenvalue weighted by atomic mass is 10.4. The molecule has 118 valence electrons. The second kappa shape index (κ2) is 9.05. The molecule has 6 nitrogen and oxygen atoms in total. The molecule has 0 saturated heterocycles. The molecule has 0 spiro atoms. The third-order valence-electron chi connectivity index (χ3n) is 3.09. The standard InChI is InChI=1S/C15H27N5O/c1-5-9-17-14(21)11-18-15(16-6-2)20(4)12-13-8-7-10-19(13)3/h7-8,10H,5-6,9,11-12H2,1-4H3,(H,16,18)(H,17,21). The van der Waals surface area contributed by atoms with E-state index < -0.39 is 0 Å². The number of aromatic nitrogens is 1. The number of nitrogens with one attached hydrogen (secondary N) is 2. The summed E-state index contributed by atoms with van der Waals surface area (Å²) in [5.74, 6) is 0.699. The van der Waals surface area contributed by atoms with Gasteiger partial charge in [-0.05, 0) is 25.5 Å². The number of carbonyl (C=O) groups is 1. The Morgan fingerprint density at radius 3 is 2.71 bits per heavy atom. The van der Waals surface area contributed by atoms with Crippen molar-refractivity contribution in [3.63, 3.8) is 0 Å². The molecule has 2 N–H and O–H groups in total. The van der Waals surface area contributed by atoms with E-state index in [4.69, 9.17) is 0 Å². The molecule has 0 aliphatic heterocycles. The summed E-state index contributed by atoms with van der Waals surface area (Å²) in [5, 5.41) is 6.04. The number of aliphatic imine (C=N–C) groups is 1.